The van der Waals surface area contributed by atoms with Crippen molar-refractivity contribution in [3.63, 3.8) is 0 Å². The van der Waals surface area contributed by atoms with E-state index in [9.17, 15) is 4.79 Å². The van der Waals surface area contributed by atoms with E-state index >= 15 is 0 Å². The van der Waals surface area contributed by atoms with Crippen LogP contribution in [0.3, 0.4) is 0 Å². The first-order valence-electron chi connectivity index (χ1n) is 7.89. The highest BCUT2D eigenvalue weighted by Gasteiger charge is 2.24. The van der Waals surface area contributed by atoms with Gasteiger partial charge in [-0.2, -0.15) is 0 Å². The van der Waals surface area contributed by atoms with E-state index in [2.05, 4.69) is 24.0 Å². The zero-order valence-electron chi connectivity index (χ0n) is 13.7. The number of aliphatic carboxylic acids is 1. The Hall–Kier alpha value is -0.810. The molecule has 1 aliphatic rings. The predicted octanol–water partition coefficient (Wildman–Crippen LogP) is 3.69. The third kappa shape index (κ3) is 5.96. The standard InChI is InChI=1S/C17H25ClN2O2.ClH/c1-13(14-5-7-15(18)8-6-14)20-10-3-4-16(9-11-20)19(2)12-17(21)22;/h5-8,13,16H,3-4,9-12H2,1-2H3,(H,21,22);1H. The molecule has 1 aromatic rings. The van der Waals surface area contributed by atoms with Crippen LogP contribution in [0, 0.1) is 0 Å². The van der Waals surface area contributed by atoms with Gasteiger partial charge in [-0.1, -0.05) is 23.7 Å². The fourth-order valence-corrected chi connectivity index (χ4v) is 3.35. The van der Waals surface area contributed by atoms with Crippen molar-refractivity contribution in [1.29, 1.82) is 0 Å². The number of nitrogens with zero attached hydrogens (tertiary/aromatic N) is 2. The lowest BCUT2D eigenvalue weighted by Gasteiger charge is -2.29. The zero-order chi connectivity index (χ0) is 16.1. The van der Waals surface area contributed by atoms with E-state index in [0.29, 0.717) is 12.1 Å². The highest BCUT2D eigenvalue weighted by atomic mass is 35.5. The molecule has 1 aliphatic heterocycles. The van der Waals surface area contributed by atoms with Crippen molar-refractivity contribution in [2.75, 3.05) is 26.7 Å². The van der Waals surface area contributed by atoms with E-state index in [1.165, 1.54) is 5.56 Å². The Bertz CT molecular complexity index is 496. The molecule has 2 unspecified atom stereocenters. The molecule has 0 amide bonds. The maximum absolute atomic E-state index is 10.9. The van der Waals surface area contributed by atoms with Gasteiger partial charge in [0.05, 0.1) is 6.54 Å². The van der Waals surface area contributed by atoms with Gasteiger partial charge < -0.3 is 5.11 Å². The Labute approximate surface area is 149 Å². The van der Waals surface area contributed by atoms with Crippen molar-refractivity contribution in [3.8, 4) is 0 Å². The first-order valence-corrected chi connectivity index (χ1v) is 8.26. The van der Waals surface area contributed by atoms with Crippen LogP contribution in [0.2, 0.25) is 5.02 Å². The Morgan fingerprint density at radius 2 is 2.00 bits per heavy atom. The van der Waals surface area contributed by atoms with Crippen LogP contribution in [0.4, 0.5) is 0 Å². The molecule has 0 spiro atoms. The Morgan fingerprint density at radius 1 is 1.35 bits per heavy atom. The fourth-order valence-electron chi connectivity index (χ4n) is 3.22. The Kier molecular flexibility index (Phi) is 8.34. The van der Waals surface area contributed by atoms with Gasteiger partial charge in [0, 0.05) is 23.7 Å². The predicted molar refractivity (Wildman–Crippen MR) is 96.6 cm³/mol. The number of likely N-dealkylation sites (tertiary alicyclic amines) is 1. The lowest BCUT2D eigenvalue weighted by molar-refractivity contribution is -0.138. The maximum Gasteiger partial charge on any atom is 0.317 e. The van der Waals surface area contributed by atoms with Crippen LogP contribution < -0.4 is 0 Å². The van der Waals surface area contributed by atoms with Crippen LogP contribution >= 0.6 is 24.0 Å². The number of carbonyl (C=O) groups is 1. The summed E-state index contributed by atoms with van der Waals surface area (Å²) < 4.78 is 0. The minimum atomic E-state index is -0.752. The monoisotopic (exact) mass is 360 g/mol. The van der Waals surface area contributed by atoms with Gasteiger partial charge in [0.1, 0.15) is 0 Å². The van der Waals surface area contributed by atoms with Crippen LogP contribution in [0.5, 0.6) is 0 Å². The minimum absolute atomic E-state index is 0. The summed E-state index contributed by atoms with van der Waals surface area (Å²) in [6.07, 6.45) is 3.18. The van der Waals surface area contributed by atoms with E-state index in [1.807, 2.05) is 24.1 Å². The first-order chi connectivity index (χ1) is 10.5. The molecule has 1 N–H and O–H groups in total. The molecule has 1 aromatic carbocycles. The summed E-state index contributed by atoms with van der Waals surface area (Å²) in [6.45, 7) is 4.40. The zero-order valence-corrected chi connectivity index (χ0v) is 15.3. The fraction of sp³-hybridized carbons (Fsp3) is 0.588. The second kappa shape index (κ2) is 9.48. The van der Waals surface area contributed by atoms with Gasteiger partial charge in [-0.15, -0.1) is 12.4 Å². The van der Waals surface area contributed by atoms with E-state index < -0.39 is 5.97 Å². The van der Waals surface area contributed by atoms with Crippen molar-refractivity contribution in [1.82, 2.24) is 9.80 Å². The number of likely N-dealkylation sites (N-methyl/N-ethyl adjacent to an activating group) is 1. The molecular weight excluding hydrogens is 335 g/mol. The van der Waals surface area contributed by atoms with Crippen LogP contribution in [-0.2, 0) is 4.79 Å². The quantitative estimate of drug-likeness (QED) is 0.869. The first kappa shape index (κ1) is 20.2. The molecule has 2 atom stereocenters. The normalized spacial score (nSPS) is 20.6. The number of benzene rings is 1. The van der Waals surface area contributed by atoms with E-state index in [1.54, 1.807) is 0 Å². The lowest BCUT2D eigenvalue weighted by atomic mass is 10.1. The van der Waals surface area contributed by atoms with Gasteiger partial charge in [0.25, 0.3) is 0 Å². The lowest BCUT2D eigenvalue weighted by Crippen LogP contribution is -2.36. The second-order valence-electron chi connectivity index (χ2n) is 6.16. The number of hydrogen-bond acceptors (Lipinski definition) is 3. The molecule has 0 aliphatic carbocycles. The van der Waals surface area contributed by atoms with Crippen molar-refractivity contribution >= 4 is 30.0 Å². The van der Waals surface area contributed by atoms with Crippen LogP contribution in [0.15, 0.2) is 24.3 Å². The third-order valence-corrected chi connectivity index (χ3v) is 4.89. The average molecular weight is 361 g/mol. The Morgan fingerprint density at radius 3 is 2.61 bits per heavy atom. The second-order valence-corrected chi connectivity index (χ2v) is 6.59. The molecule has 130 valence electrons. The summed E-state index contributed by atoms with van der Waals surface area (Å²) in [7, 11) is 1.91. The van der Waals surface area contributed by atoms with Crippen molar-refractivity contribution in [3.05, 3.63) is 34.9 Å². The molecule has 0 radical (unpaired) electrons. The number of hydrogen-bond donors (Lipinski definition) is 1. The van der Waals surface area contributed by atoms with E-state index in [0.717, 1.165) is 37.4 Å². The number of rotatable bonds is 5. The molecule has 4 nitrogen and oxygen atoms in total. The van der Waals surface area contributed by atoms with Crippen LogP contribution in [0.25, 0.3) is 0 Å². The Balaban J connectivity index is 0.00000264. The summed E-state index contributed by atoms with van der Waals surface area (Å²) in [5.41, 5.74) is 1.28. The summed E-state index contributed by atoms with van der Waals surface area (Å²) in [5, 5.41) is 9.70. The largest absolute Gasteiger partial charge is 0.480 e. The average Bonchev–Trinajstić information content (AvgIpc) is 2.72. The summed E-state index contributed by atoms with van der Waals surface area (Å²) in [6, 6.07) is 8.78. The summed E-state index contributed by atoms with van der Waals surface area (Å²) in [5.74, 6) is -0.752. The summed E-state index contributed by atoms with van der Waals surface area (Å²) in [4.78, 5) is 15.3. The molecule has 1 fully saturated rings. The maximum atomic E-state index is 10.9. The highest BCUT2D eigenvalue weighted by Crippen LogP contribution is 2.26. The van der Waals surface area contributed by atoms with E-state index in [-0.39, 0.29) is 19.0 Å². The molecule has 0 aromatic heterocycles. The molecule has 23 heavy (non-hydrogen) atoms. The van der Waals surface area contributed by atoms with Crippen LogP contribution in [0.1, 0.15) is 37.8 Å². The topological polar surface area (TPSA) is 43.8 Å². The number of carboxylic acid groups (broad SMARTS) is 1. The number of carboxylic acids is 1. The van der Waals surface area contributed by atoms with Gasteiger partial charge in [-0.25, -0.2) is 0 Å². The van der Waals surface area contributed by atoms with Gasteiger partial charge in [0.15, 0.2) is 0 Å². The van der Waals surface area contributed by atoms with Gasteiger partial charge in [0.2, 0.25) is 0 Å². The van der Waals surface area contributed by atoms with Gasteiger partial charge in [-0.3, -0.25) is 14.6 Å². The number of halogens is 2. The minimum Gasteiger partial charge on any atom is -0.480 e. The SMILES string of the molecule is CC(c1ccc(Cl)cc1)N1CCCC(N(C)CC(=O)O)CC1.Cl. The molecule has 0 saturated carbocycles. The van der Waals surface area contributed by atoms with Gasteiger partial charge >= 0.3 is 5.97 Å². The molecule has 1 heterocycles. The molecule has 6 heteroatoms. The summed E-state index contributed by atoms with van der Waals surface area (Å²) >= 11 is 5.96. The van der Waals surface area contributed by atoms with Crippen LogP contribution in [-0.4, -0.2) is 53.6 Å². The molecule has 1 saturated heterocycles. The third-order valence-electron chi connectivity index (χ3n) is 4.64. The van der Waals surface area contributed by atoms with Crippen molar-refractivity contribution in [2.24, 2.45) is 0 Å². The van der Waals surface area contributed by atoms with Crippen molar-refractivity contribution in [2.45, 2.75) is 38.3 Å². The molecule has 0 bridgehead atoms. The smallest absolute Gasteiger partial charge is 0.317 e. The highest BCUT2D eigenvalue weighted by molar-refractivity contribution is 6.30. The van der Waals surface area contributed by atoms with E-state index in [4.69, 9.17) is 16.7 Å². The molecule has 2 rings (SSSR count). The molecular formula is C17H26Cl2N2O2. The van der Waals surface area contributed by atoms with Gasteiger partial charge in [-0.05, 0) is 57.5 Å². The van der Waals surface area contributed by atoms with Crippen molar-refractivity contribution < 1.29 is 9.90 Å².